The molecule has 0 aliphatic carbocycles. The van der Waals surface area contributed by atoms with Crippen LogP contribution in [0.1, 0.15) is 136 Å². The first kappa shape index (κ1) is 77.8. The maximum atomic E-state index is 5.50. The van der Waals surface area contributed by atoms with Gasteiger partial charge >= 0.3 is 0 Å². The average Bonchev–Trinajstić information content (AvgIpc) is 3.00. The van der Waals surface area contributed by atoms with Crippen molar-refractivity contribution >= 4 is 65.8 Å². The van der Waals surface area contributed by atoms with Gasteiger partial charge in [-0.1, -0.05) is 138 Å². The maximum Gasteiger partial charge on any atom is 0.134 e. The van der Waals surface area contributed by atoms with E-state index in [0.29, 0.717) is 0 Å². The Morgan fingerprint density at radius 1 is 0.204 bits per heavy atom. The fourth-order valence-corrected chi connectivity index (χ4v) is 10.8. The lowest BCUT2D eigenvalue weighted by molar-refractivity contribution is 0.270. The van der Waals surface area contributed by atoms with Gasteiger partial charge in [-0.3, -0.25) is 0 Å². The Morgan fingerprint density at radius 3 is 0.613 bits per heavy atom. The van der Waals surface area contributed by atoms with E-state index in [-0.39, 0.29) is 0 Å². The topological polar surface area (TPSA) is 98.3 Å². The predicted molar refractivity (Wildman–Crippen MR) is 397 cm³/mol. The summed E-state index contributed by atoms with van der Waals surface area (Å²) in [6, 6.07) is 50.7. The molecule has 12 nitrogen and oxygen atoms in total. The van der Waals surface area contributed by atoms with Gasteiger partial charge in [-0.05, 0) is 225 Å². The van der Waals surface area contributed by atoms with Crippen LogP contribution in [0.25, 0.3) is 65.8 Å². The molecule has 12 aromatic rings. The highest BCUT2D eigenvalue weighted by Crippen LogP contribution is 2.24. The quantitative estimate of drug-likeness (QED) is 0.0576. The van der Waals surface area contributed by atoms with Crippen LogP contribution in [-0.2, 0) is 39.3 Å². The summed E-state index contributed by atoms with van der Waals surface area (Å²) < 4.78 is 32.7. The van der Waals surface area contributed by atoms with Crippen molar-refractivity contribution in [3.63, 3.8) is 0 Å². The molecule has 0 saturated carbocycles. The van der Waals surface area contributed by atoms with Crippen molar-refractivity contribution in [2.24, 2.45) is 0 Å². The van der Waals surface area contributed by atoms with Crippen LogP contribution in [0.15, 0.2) is 210 Å². The van der Waals surface area contributed by atoms with E-state index in [0.717, 1.165) is 147 Å². The number of furan rings is 6. The first-order valence-electron chi connectivity index (χ1n) is 34.4. The lowest BCUT2D eigenvalue weighted by atomic mass is 10.1. The largest absolute Gasteiger partial charge is 0.464 e. The molecule has 0 aliphatic rings. The summed E-state index contributed by atoms with van der Waals surface area (Å²) in [6.45, 7) is 36.1. The molecule has 0 atom stereocenters. The molecule has 504 valence electrons. The fraction of sp³-hybridized carbons (Fsp3) is 0.407. The number of hydrogen-bond donors (Lipinski definition) is 0. The van der Waals surface area contributed by atoms with Gasteiger partial charge in [-0.15, -0.1) is 0 Å². The predicted octanol–water partition coefficient (Wildman–Crippen LogP) is 21.6. The van der Waals surface area contributed by atoms with Crippen LogP contribution in [0.3, 0.4) is 0 Å². The average molecular weight is 1270 g/mol. The van der Waals surface area contributed by atoms with Crippen LogP contribution < -0.4 is 0 Å². The third kappa shape index (κ3) is 26.0. The van der Waals surface area contributed by atoms with Crippen molar-refractivity contribution in [3.8, 4) is 0 Å². The van der Waals surface area contributed by atoms with E-state index in [2.05, 4.69) is 181 Å². The standard InChI is InChI=1S/3C23H26N2O2.6C2H6/c1-24(16-18-5-7-22-21(14-18)9-13-26-22)10-3-11-25(2)17-19-4-6-20-8-12-27-23(20)15-19;1-24(16-18-4-6-22-20(14-18)8-12-26-22)10-3-11-25(2)17-19-5-7-23-21(15-19)9-13-27-23;1-24(16-18-4-6-20-8-12-26-22(20)14-18)10-3-11-25(2)17-19-5-7-21-9-13-27-23(21)15-19;6*1-2/h3*4-9,12-15H,3,10-11,16-17H2,1-2H3;6*1-2H3. The molecule has 6 heterocycles. The molecule has 0 unspecified atom stereocenters. The normalized spacial score (nSPS) is 10.8. The van der Waals surface area contributed by atoms with E-state index in [9.17, 15) is 0 Å². The second kappa shape index (κ2) is 44.0. The lowest BCUT2D eigenvalue weighted by Gasteiger charge is -2.20. The van der Waals surface area contributed by atoms with Gasteiger partial charge < -0.3 is 55.9 Å². The molecule has 0 radical (unpaired) electrons. The third-order valence-electron chi connectivity index (χ3n) is 15.1. The van der Waals surface area contributed by atoms with E-state index < -0.39 is 0 Å². The minimum Gasteiger partial charge on any atom is -0.464 e. The summed E-state index contributed by atoms with van der Waals surface area (Å²) in [4.78, 5) is 14.2. The van der Waals surface area contributed by atoms with Crippen LogP contribution in [0.4, 0.5) is 0 Å². The van der Waals surface area contributed by atoms with Gasteiger partial charge in [-0.2, -0.15) is 0 Å². The van der Waals surface area contributed by atoms with Gasteiger partial charge in [-0.25, -0.2) is 0 Å². The molecule has 0 aliphatic heterocycles. The fourth-order valence-electron chi connectivity index (χ4n) is 10.8. The molecule has 12 rings (SSSR count). The minimum atomic E-state index is 0.940. The molecule has 12 heteroatoms. The number of nitrogens with zero attached hydrogens (tertiary/aromatic N) is 6. The highest BCUT2D eigenvalue weighted by Gasteiger charge is 2.11. The molecule has 93 heavy (non-hydrogen) atoms. The Kier molecular flexibility index (Phi) is 36.8. The van der Waals surface area contributed by atoms with Crippen LogP contribution in [0.5, 0.6) is 0 Å². The number of benzene rings is 6. The Balaban J connectivity index is 0.000000274. The van der Waals surface area contributed by atoms with E-state index in [1.54, 1.807) is 37.6 Å². The van der Waals surface area contributed by atoms with Crippen molar-refractivity contribution in [3.05, 3.63) is 217 Å². The summed E-state index contributed by atoms with van der Waals surface area (Å²) in [5.41, 5.74) is 13.6. The Morgan fingerprint density at radius 2 is 0.387 bits per heavy atom. The van der Waals surface area contributed by atoms with Crippen LogP contribution in [0, 0.1) is 0 Å². The zero-order chi connectivity index (χ0) is 67.9. The van der Waals surface area contributed by atoms with E-state index in [1.165, 1.54) is 49.5 Å². The highest BCUT2D eigenvalue weighted by molar-refractivity contribution is 5.81. The Bertz CT molecular complexity index is 3200. The second-order valence-corrected chi connectivity index (χ2v) is 22.2. The Labute approximate surface area is 558 Å². The van der Waals surface area contributed by atoms with Crippen molar-refractivity contribution in [2.75, 3.05) is 81.6 Å². The first-order valence-corrected chi connectivity index (χ1v) is 34.4. The lowest BCUT2D eigenvalue weighted by Crippen LogP contribution is -2.25. The third-order valence-corrected chi connectivity index (χ3v) is 15.1. The van der Waals surface area contributed by atoms with E-state index in [4.69, 9.17) is 26.5 Å². The number of hydrogen-bond acceptors (Lipinski definition) is 12. The van der Waals surface area contributed by atoms with E-state index >= 15 is 0 Å². The smallest absolute Gasteiger partial charge is 0.134 e. The van der Waals surface area contributed by atoms with Gasteiger partial charge in [0.1, 0.15) is 33.5 Å². The molecule has 6 aromatic carbocycles. The van der Waals surface area contributed by atoms with Gasteiger partial charge in [0.2, 0.25) is 0 Å². The summed E-state index contributed by atoms with van der Waals surface area (Å²) in [5.74, 6) is 0. The molecule has 0 amide bonds. The van der Waals surface area contributed by atoms with Crippen LogP contribution in [-0.4, -0.2) is 111 Å². The van der Waals surface area contributed by atoms with Crippen LogP contribution in [0.2, 0.25) is 0 Å². The molecule has 0 spiro atoms. The zero-order valence-electron chi connectivity index (χ0n) is 60.1. The van der Waals surface area contributed by atoms with Gasteiger partial charge in [0.05, 0.1) is 37.6 Å². The maximum absolute atomic E-state index is 5.50. The second-order valence-electron chi connectivity index (χ2n) is 22.2. The Hall–Kier alpha value is -7.68. The molecule has 0 fully saturated rings. The van der Waals surface area contributed by atoms with E-state index in [1.807, 2.05) is 119 Å². The van der Waals surface area contributed by atoms with Crippen LogP contribution >= 0.6 is 0 Å². The molecule has 0 bridgehead atoms. The monoisotopic (exact) mass is 1270 g/mol. The van der Waals surface area contributed by atoms with Crippen molar-refractivity contribution in [1.82, 2.24) is 29.4 Å². The van der Waals surface area contributed by atoms with Gasteiger partial charge in [0, 0.05) is 71.6 Å². The summed E-state index contributed by atoms with van der Waals surface area (Å²) >= 11 is 0. The zero-order valence-corrected chi connectivity index (χ0v) is 60.1. The van der Waals surface area contributed by atoms with Gasteiger partial charge in [0.15, 0.2) is 0 Å². The molecule has 0 saturated heterocycles. The van der Waals surface area contributed by atoms with Crippen molar-refractivity contribution < 1.29 is 26.5 Å². The molecular weight excluding hydrogens is 1150 g/mol. The summed E-state index contributed by atoms with van der Waals surface area (Å²) in [6.07, 6.45) is 13.9. The minimum absolute atomic E-state index is 0.940. The SMILES string of the molecule is CC.CC.CC.CC.CC.CC.CN(CCCN(C)Cc1ccc2ccoc2c1)Cc1ccc2ccoc2c1.CN(CCCN(C)Cc1ccc2ccoc2c1)Cc1ccc2occc2c1.CN(CCCN(C)Cc1ccc2occc2c1)Cc1ccc2occc2c1. The molecule has 0 N–H and O–H groups in total. The molecule has 6 aromatic heterocycles. The van der Waals surface area contributed by atoms with Crippen molar-refractivity contribution in [2.45, 2.75) is 142 Å². The summed E-state index contributed by atoms with van der Waals surface area (Å²) in [5, 5.41) is 7.02. The summed E-state index contributed by atoms with van der Waals surface area (Å²) in [7, 11) is 13.1. The number of rotatable bonds is 24. The first-order chi connectivity index (χ1) is 45.5. The van der Waals surface area contributed by atoms with Crippen molar-refractivity contribution in [1.29, 1.82) is 0 Å². The number of fused-ring (bicyclic) bond motifs is 6. The molecular formula is C81H114N6O6. The highest BCUT2D eigenvalue weighted by atomic mass is 16.3. The van der Waals surface area contributed by atoms with Gasteiger partial charge in [0.25, 0.3) is 0 Å².